The highest BCUT2D eigenvalue weighted by molar-refractivity contribution is 6.04. The molecule has 1 heterocycles. The van der Waals surface area contributed by atoms with Crippen LogP contribution in [0, 0.1) is 11.8 Å². The molecule has 20 heavy (non-hydrogen) atoms. The van der Waals surface area contributed by atoms with Crippen molar-refractivity contribution >= 4 is 11.8 Å². The van der Waals surface area contributed by atoms with Crippen molar-refractivity contribution in [3.63, 3.8) is 0 Å². The van der Waals surface area contributed by atoms with Gasteiger partial charge >= 0.3 is 0 Å². The van der Waals surface area contributed by atoms with Gasteiger partial charge in [-0.1, -0.05) is 19.9 Å². The summed E-state index contributed by atoms with van der Waals surface area (Å²) in [5.74, 6) is -0.267. The minimum atomic E-state index is -0.283. The fourth-order valence-electron chi connectivity index (χ4n) is 2.41. The molecule has 2 rings (SSSR count). The molecule has 0 radical (unpaired) electrons. The molecular weight excluding hydrogens is 258 g/mol. The summed E-state index contributed by atoms with van der Waals surface area (Å²) in [5, 5.41) is 9.19. The Balaban J connectivity index is 2.30. The maximum Gasteiger partial charge on any atom is 0.233 e. The number of likely N-dealkylation sites (tertiary alicyclic amines) is 1. The Morgan fingerprint density at radius 2 is 1.80 bits per heavy atom. The summed E-state index contributed by atoms with van der Waals surface area (Å²) in [4.78, 5) is 25.5. The topological polar surface area (TPSA) is 66.8 Å². The van der Waals surface area contributed by atoms with Gasteiger partial charge in [0.15, 0.2) is 0 Å². The lowest BCUT2D eigenvalue weighted by Crippen LogP contribution is -2.30. The van der Waals surface area contributed by atoms with Crippen LogP contribution in [0.2, 0.25) is 0 Å². The monoisotopic (exact) mass is 277 g/mol. The number of methoxy groups -OCH3 is 1. The number of aliphatic hydroxyl groups excluding tert-OH is 1. The number of imide groups is 1. The molecule has 2 atom stereocenters. The van der Waals surface area contributed by atoms with E-state index in [9.17, 15) is 14.7 Å². The molecule has 1 aliphatic rings. The number of aliphatic hydroxyl groups is 1. The van der Waals surface area contributed by atoms with Crippen LogP contribution in [0.3, 0.4) is 0 Å². The molecule has 1 fully saturated rings. The normalized spacial score (nSPS) is 22.5. The number of amides is 2. The molecule has 5 heteroatoms. The molecule has 0 bridgehead atoms. The molecule has 0 saturated carbocycles. The molecule has 1 aromatic rings. The smallest absolute Gasteiger partial charge is 0.233 e. The quantitative estimate of drug-likeness (QED) is 0.843. The maximum absolute atomic E-state index is 12.1. The van der Waals surface area contributed by atoms with Crippen molar-refractivity contribution in [2.75, 3.05) is 7.11 Å². The van der Waals surface area contributed by atoms with Crippen molar-refractivity contribution in [2.24, 2.45) is 11.8 Å². The first-order chi connectivity index (χ1) is 9.49. The zero-order valence-electron chi connectivity index (χ0n) is 11.9. The van der Waals surface area contributed by atoms with Gasteiger partial charge in [0.1, 0.15) is 5.75 Å². The molecule has 0 aliphatic carbocycles. The Labute approximate surface area is 118 Å². The maximum atomic E-state index is 12.1. The van der Waals surface area contributed by atoms with E-state index in [4.69, 9.17) is 4.74 Å². The molecule has 1 saturated heterocycles. The molecule has 2 unspecified atom stereocenters. The van der Waals surface area contributed by atoms with Crippen molar-refractivity contribution in [1.82, 2.24) is 4.90 Å². The van der Waals surface area contributed by atoms with Crippen LogP contribution in [-0.4, -0.2) is 28.9 Å². The second-order valence-electron chi connectivity index (χ2n) is 5.14. The van der Waals surface area contributed by atoms with Gasteiger partial charge in [-0.15, -0.1) is 0 Å². The first-order valence-electron chi connectivity index (χ1n) is 6.61. The highest BCUT2D eigenvalue weighted by Crippen LogP contribution is 2.29. The fourth-order valence-corrected chi connectivity index (χ4v) is 2.41. The van der Waals surface area contributed by atoms with Gasteiger partial charge in [-0.05, 0) is 17.7 Å². The minimum absolute atomic E-state index is 0.0916. The third kappa shape index (κ3) is 2.41. The van der Waals surface area contributed by atoms with Gasteiger partial charge in [0.05, 0.1) is 20.3 Å². The first-order valence-corrected chi connectivity index (χ1v) is 6.61. The van der Waals surface area contributed by atoms with Crippen LogP contribution in [0.5, 0.6) is 5.75 Å². The summed E-state index contributed by atoms with van der Waals surface area (Å²) in [6.07, 6.45) is 0. The lowest BCUT2D eigenvalue weighted by Gasteiger charge is -2.17. The van der Waals surface area contributed by atoms with Crippen LogP contribution in [-0.2, 0) is 22.7 Å². The van der Waals surface area contributed by atoms with Crippen LogP contribution in [0.4, 0.5) is 0 Å². The molecular formula is C15H19NO4. The molecule has 1 N–H and O–H groups in total. The minimum Gasteiger partial charge on any atom is -0.496 e. The lowest BCUT2D eigenvalue weighted by molar-refractivity contribution is -0.140. The number of carbonyl (C=O) groups excluding carboxylic acids is 2. The van der Waals surface area contributed by atoms with Crippen molar-refractivity contribution in [1.29, 1.82) is 0 Å². The van der Waals surface area contributed by atoms with Crippen LogP contribution in [0.25, 0.3) is 0 Å². The zero-order chi connectivity index (χ0) is 14.9. The number of ether oxygens (including phenoxy) is 1. The zero-order valence-corrected chi connectivity index (χ0v) is 11.9. The van der Waals surface area contributed by atoms with Crippen LogP contribution < -0.4 is 4.74 Å². The van der Waals surface area contributed by atoms with E-state index in [2.05, 4.69) is 0 Å². The number of benzene rings is 1. The first kappa shape index (κ1) is 14.5. The van der Waals surface area contributed by atoms with E-state index in [1.807, 2.05) is 0 Å². The average Bonchev–Trinajstić information content (AvgIpc) is 2.65. The summed E-state index contributed by atoms with van der Waals surface area (Å²) in [6, 6.07) is 5.24. The van der Waals surface area contributed by atoms with E-state index in [0.29, 0.717) is 5.75 Å². The van der Waals surface area contributed by atoms with Gasteiger partial charge in [0.2, 0.25) is 11.8 Å². The van der Waals surface area contributed by atoms with E-state index in [-0.39, 0.29) is 36.8 Å². The van der Waals surface area contributed by atoms with Crippen molar-refractivity contribution in [2.45, 2.75) is 27.0 Å². The Kier molecular flexibility index (Phi) is 4.09. The summed E-state index contributed by atoms with van der Waals surface area (Å²) in [5.41, 5.74) is 1.45. The molecule has 2 amide bonds. The molecule has 1 aromatic carbocycles. The van der Waals surface area contributed by atoms with Gasteiger partial charge in [-0.2, -0.15) is 0 Å². The highest BCUT2D eigenvalue weighted by Gasteiger charge is 2.42. The van der Waals surface area contributed by atoms with E-state index < -0.39 is 0 Å². The van der Waals surface area contributed by atoms with Crippen molar-refractivity contribution in [3.8, 4) is 5.75 Å². The third-order valence-electron chi connectivity index (χ3n) is 3.92. The predicted molar refractivity (Wildman–Crippen MR) is 72.8 cm³/mol. The summed E-state index contributed by atoms with van der Waals surface area (Å²) in [7, 11) is 1.54. The van der Waals surface area contributed by atoms with E-state index >= 15 is 0 Å². The predicted octanol–water partition coefficient (Wildman–Crippen LogP) is 1.33. The van der Waals surface area contributed by atoms with Gasteiger partial charge in [0, 0.05) is 17.4 Å². The van der Waals surface area contributed by atoms with Gasteiger partial charge in [0.25, 0.3) is 0 Å². The number of hydrogen-bond donors (Lipinski definition) is 1. The second-order valence-corrected chi connectivity index (χ2v) is 5.14. The standard InChI is InChI=1S/C15H19NO4/c1-9-10(2)15(19)16(14(9)18)7-12-6-11(8-17)4-5-13(12)20-3/h4-6,9-10,17H,7-8H2,1-3H3. The Bertz CT molecular complexity index is 521. The van der Waals surface area contributed by atoms with Crippen LogP contribution >= 0.6 is 0 Å². The number of carbonyl (C=O) groups is 2. The summed E-state index contributed by atoms with van der Waals surface area (Å²) in [6.45, 7) is 3.63. The third-order valence-corrected chi connectivity index (χ3v) is 3.92. The molecule has 0 aromatic heterocycles. The molecule has 108 valence electrons. The van der Waals surface area contributed by atoms with E-state index in [1.54, 1.807) is 32.0 Å². The summed E-state index contributed by atoms with van der Waals surface area (Å²) < 4.78 is 5.25. The van der Waals surface area contributed by atoms with Gasteiger partial charge in [-0.25, -0.2) is 0 Å². The average molecular weight is 277 g/mol. The summed E-state index contributed by atoms with van der Waals surface area (Å²) >= 11 is 0. The number of hydrogen-bond acceptors (Lipinski definition) is 4. The number of nitrogens with zero attached hydrogens (tertiary/aromatic N) is 1. The van der Waals surface area contributed by atoms with E-state index in [1.165, 1.54) is 12.0 Å². The van der Waals surface area contributed by atoms with Crippen molar-refractivity contribution < 1.29 is 19.4 Å². The molecule has 5 nitrogen and oxygen atoms in total. The van der Waals surface area contributed by atoms with Crippen LogP contribution in [0.1, 0.15) is 25.0 Å². The van der Waals surface area contributed by atoms with Crippen molar-refractivity contribution in [3.05, 3.63) is 29.3 Å². The van der Waals surface area contributed by atoms with Gasteiger partial charge < -0.3 is 9.84 Å². The Hall–Kier alpha value is -1.88. The Morgan fingerprint density at radius 3 is 2.30 bits per heavy atom. The van der Waals surface area contributed by atoms with Crippen LogP contribution in [0.15, 0.2) is 18.2 Å². The SMILES string of the molecule is COc1ccc(CO)cc1CN1C(=O)C(C)C(C)C1=O. The second kappa shape index (κ2) is 5.63. The Morgan fingerprint density at radius 1 is 1.20 bits per heavy atom. The molecule has 0 spiro atoms. The molecule has 1 aliphatic heterocycles. The fraction of sp³-hybridized carbons (Fsp3) is 0.467. The van der Waals surface area contributed by atoms with E-state index in [0.717, 1.165) is 11.1 Å². The highest BCUT2D eigenvalue weighted by atomic mass is 16.5. The largest absolute Gasteiger partial charge is 0.496 e. The van der Waals surface area contributed by atoms with Gasteiger partial charge in [-0.3, -0.25) is 14.5 Å². The number of rotatable bonds is 4. The lowest BCUT2D eigenvalue weighted by atomic mass is 10.00.